The van der Waals surface area contributed by atoms with Crippen LogP contribution in [0.3, 0.4) is 0 Å². The molecular weight excluding hydrogens is 294 g/mol. The molecule has 0 aliphatic heterocycles. The number of amides is 3. The van der Waals surface area contributed by atoms with Crippen molar-refractivity contribution in [3.63, 3.8) is 0 Å². The number of nitrogens with zero attached hydrogens (tertiary/aromatic N) is 1. The lowest BCUT2D eigenvalue weighted by Gasteiger charge is -2.08. The highest BCUT2D eigenvalue weighted by Crippen LogP contribution is 2.18. The molecule has 0 fully saturated rings. The molecule has 0 spiro atoms. The number of urea groups is 1. The van der Waals surface area contributed by atoms with Crippen molar-refractivity contribution in [2.24, 2.45) is 0 Å². The van der Waals surface area contributed by atoms with Gasteiger partial charge in [0.25, 0.3) is 5.91 Å². The first-order valence-corrected chi connectivity index (χ1v) is 6.99. The molecule has 3 aromatic rings. The number of para-hydroxylation sites is 1. The molecule has 0 saturated carbocycles. The molecule has 0 unspecified atom stereocenters. The van der Waals surface area contributed by atoms with Crippen molar-refractivity contribution in [2.75, 3.05) is 17.7 Å². The van der Waals surface area contributed by atoms with Crippen molar-refractivity contribution in [1.82, 2.24) is 15.5 Å². The third-order valence-electron chi connectivity index (χ3n) is 3.35. The van der Waals surface area contributed by atoms with Gasteiger partial charge in [0.1, 0.15) is 0 Å². The molecule has 3 rings (SSSR count). The number of aromatic amines is 1. The zero-order chi connectivity index (χ0) is 16.2. The Labute approximate surface area is 132 Å². The average Bonchev–Trinajstić information content (AvgIpc) is 3.05. The van der Waals surface area contributed by atoms with Gasteiger partial charge >= 0.3 is 6.03 Å². The lowest BCUT2D eigenvalue weighted by atomic mass is 10.1. The van der Waals surface area contributed by atoms with Gasteiger partial charge in [0.15, 0.2) is 0 Å². The van der Waals surface area contributed by atoms with Crippen LogP contribution in [0.2, 0.25) is 0 Å². The number of aromatic nitrogens is 2. The number of rotatable bonds is 3. The summed E-state index contributed by atoms with van der Waals surface area (Å²) in [5.74, 6) is -0.230. The summed E-state index contributed by atoms with van der Waals surface area (Å²) in [7, 11) is 1.54. The van der Waals surface area contributed by atoms with Crippen molar-refractivity contribution in [1.29, 1.82) is 0 Å². The van der Waals surface area contributed by atoms with Crippen molar-refractivity contribution >= 4 is 34.2 Å². The highest BCUT2D eigenvalue weighted by Gasteiger charge is 2.11. The van der Waals surface area contributed by atoms with Gasteiger partial charge < -0.3 is 16.0 Å². The summed E-state index contributed by atoms with van der Waals surface area (Å²) in [6.45, 7) is 0. The first-order valence-electron chi connectivity index (χ1n) is 6.99. The van der Waals surface area contributed by atoms with E-state index < -0.39 is 0 Å². The van der Waals surface area contributed by atoms with E-state index in [0.29, 0.717) is 22.5 Å². The monoisotopic (exact) mass is 309 g/mol. The molecule has 4 N–H and O–H groups in total. The molecule has 0 bridgehead atoms. The molecule has 0 atom stereocenters. The summed E-state index contributed by atoms with van der Waals surface area (Å²) in [6, 6.07) is 12.0. The quantitative estimate of drug-likeness (QED) is 0.598. The Hall–Kier alpha value is -3.35. The number of benzene rings is 2. The second kappa shape index (κ2) is 6.18. The molecule has 0 saturated heterocycles. The summed E-state index contributed by atoms with van der Waals surface area (Å²) in [6.07, 6.45) is 1.67. The van der Waals surface area contributed by atoms with E-state index in [1.165, 1.54) is 0 Å². The fourth-order valence-electron chi connectivity index (χ4n) is 2.19. The summed E-state index contributed by atoms with van der Waals surface area (Å²) < 4.78 is 0. The van der Waals surface area contributed by atoms with Crippen LogP contribution in [-0.2, 0) is 0 Å². The van der Waals surface area contributed by atoms with E-state index in [9.17, 15) is 9.59 Å². The van der Waals surface area contributed by atoms with Gasteiger partial charge in [-0.1, -0.05) is 12.1 Å². The highest BCUT2D eigenvalue weighted by molar-refractivity contribution is 6.11. The fourth-order valence-corrected chi connectivity index (χ4v) is 2.19. The maximum atomic E-state index is 12.4. The van der Waals surface area contributed by atoms with Crippen molar-refractivity contribution in [2.45, 2.75) is 0 Å². The standard InChI is InChI=1S/C16H15N5O2/c1-17-16(23)20-12-7-5-11(6-8-12)19-15(22)13-4-2-3-10-9-18-21-14(10)13/h2-9H,1H3,(H,18,21)(H,19,22)(H2,17,20,23). The van der Waals surface area contributed by atoms with Gasteiger partial charge in [-0.05, 0) is 30.3 Å². The number of H-pyrrole nitrogens is 1. The van der Waals surface area contributed by atoms with Crippen molar-refractivity contribution in [3.05, 3.63) is 54.2 Å². The average molecular weight is 309 g/mol. The van der Waals surface area contributed by atoms with Crippen LogP contribution < -0.4 is 16.0 Å². The van der Waals surface area contributed by atoms with Crippen LogP contribution in [0.1, 0.15) is 10.4 Å². The lowest BCUT2D eigenvalue weighted by molar-refractivity contribution is 0.102. The molecule has 1 heterocycles. The van der Waals surface area contributed by atoms with E-state index in [4.69, 9.17) is 0 Å². The van der Waals surface area contributed by atoms with E-state index in [1.807, 2.05) is 12.1 Å². The van der Waals surface area contributed by atoms with Crippen molar-refractivity contribution in [3.8, 4) is 0 Å². The molecular formula is C16H15N5O2. The predicted octanol–water partition coefficient (Wildman–Crippen LogP) is 2.57. The van der Waals surface area contributed by atoms with Crippen LogP contribution in [0.25, 0.3) is 10.9 Å². The summed E-state index contributed by atoms with van der Waals surface area (Å²) >= 11 is 0. The van der Waals surface area contributed by atoms with E-state index in [-0.39, 0.29) is 11.9 Å². The Balaban J connectivity index is 1.75. The largest absolute Gasteiger partial charge is 0.341 e. The summed E-state index contributed by atoms with van der Waals surface area (Å²) in [5.41, 5.74) is 2.49. The van der Waals surface area contributed by atoms with Gasteiger partial charge in [-0.2, -0.15) is 5.10 Å². The first kappa shape index (κ1) is 14.6. The van der Waals surface area contributed by atoms with Crippen LogP contribution in [-0.4, -0.2) is 29.2 Å². The van der Waals surface area contributed by atoms with Gasteiger partial charge in [0, 0.05) is 23.8 Å². The SMILES string of the molecule is CNC(=O)Nc1ccc(NC(=O)c2cccc3cn[nH]c23)cc1. The van der Waals surface area contributed by atoms with E-state index >= 15 is 0 Å². The van der Waals surface area contributed by atoms with E-state index in [0.717, 1.165) is 5.39 Å². The number of carbonyl (C=O) groups is 2. The highest BCUT2D eigenvalue weighted by atomic mass is 16.2. The molecule has 0 aliphatic carbocycles. The summed E-state index contributed by atoms with van der Waals surface area (Å²) in [4.78, 5) is 23.6. The Morgan fingerprint density at radius 3 is 2.39 bits per heavy atom. The maximum absolute atomic E-state index is 12.4. The Kier molecular flexibility index (Phi) is 3.92. The van der Waals surface area contributed by atoms with Crippen molar-refractivity contribution < 1.29 is 9.59 Å². The van der Waals surface area contributed by atoms with E-state index in [2.05, 4.69) is 26.1 Å². The maximum Gasteiger partial charge on any atom is 0.318 e. The zero-order valence-electron chi connectivity index (χ0n) is 12.4. The van der Waals surface area contributed by atoms with Crippen LogP contribution in [0.15, 0.2) is 48.7 Å². The molecule has 116 valence electrons. The first-order chi connectivity index (χ1) is 11.2. The second-order valence-corrected chi connectivity index (χ2v) is 4.88. The smallest absolute Gasteiger partial charge is 0.318 e. The normalized spacial score (nSPS) is 10.3. The van der Waals surface area contributed by atoms with E-state index in [1.54, 1.807) is 43.6 Å². The molecule has 0 radical (unpaired) electrons. The molecule has 3 amide bonds. The molecule has 7 nitrogen and oxygen atoms in total. The predicted molar refractivity (Wildman–Crippen MR) is 88.6 cm³/mol. The Bertz CT molecular complexity index is 854. The van der Waals surface area contributed by atoms with Gasteiger partial charge in [-0.15, -0.1) is 0 Å². The summed E-state index contributed by atoms with van der Waals surface area (Å²) in [5, 5.41) is 15.6. The number of fused-ring (bicyclic) bond motifs is 1. The number of anilines is 2. The minimum Gasteiger partial charge on any atom is -0.341 e. The van der Waals surface area contributed by atoms with Gasteiger partial charge in [-0.25, -0.2) is 4.79 Å². The van der Waals surface area contributed by atoms with Gasteiger partial charge in [-0.3, -0.25) is 9.89 Å². The second-order valence-electron chi connectivity index (χ2n) is 4.88. The van der Waals surface area contributed by atoms with Gasteiger partial charge in [0.05, 0.1) is 17.3 Å². The third-order valence-corrected chi connectivity index (χ3v) is 3.35. The molecule has 2 aromatic carbocycles. The zero-order valence-corrected chi connectivity index (χ0v) is 12.4. The fraction of sp³-hybridized carbons (Fsp3) is 0.0625. The topological polar surface area (TPSA) is 98.9 Å². The third kappa shape index (κ3) is 3.13. The molecule has 23 heavy (non-hydrogen) atoms. The Morgan fingerprint density at radius 1 is 1.00 bits per heavy atom. The molecule has 1 aromatic heterocycles. The van der Waals surface area contributed by atoms with Crippen LogP contribution in [0.5, 0.6) is 0 Å². The van der Waals surface area contributed by atoms with Crippen LogP contribution >= 0.6 is 0 Å². The van der Waals surface area contributed by atoms with Crippen LogP contribution in [0, 0.1) is 0 Å². The van der Waals surface area contributed by atoms with Gasteiger partial charge in [0.2, 0.25) is 0 Å². The Morgan fingerprint density at radius 2 is 1.70 bits per heavy atom. The minimum atomic E-state index is -0.298. The minimum absolute atomic E-state index is 0.230. The number of hydrogen-bond acceptors (Lipinski definition) is 3. The lowest BCUT2D eigenvalue weighted by Crippen LogP contribution is -2.24. The molecule has 7 heteroatoms. The number of hydrogen-bond donors (Lipinski definition) is 4. The molecule has 0 aliphatic rings. The van der Waals surface area contributed by atoms with Crippen LogP contribution in [0.4, 0.5) is 16.2 Å². The number of carbonyl (C=O) groups excluding carboxylic acids is 2. The number of nitrogens with one attached hydrogen (secondary N) is 4.